The molecular weight excluding hydrogens is 738 g/mol. The maximum Gasteiger partial charge on any atom is 0.240 e. The molecule has 1 fully saturated rings. The Morgan fingerprint density at radius 3 is 2.31 bits per heavy atom. The largest absolute Gasteiger partial charge is 0.346 e. The van der Waals surface area contributed by atoms with Gasteiger partial charge in [-0.1, -0.05) is 23.7 Å². The molecule has 0 aliphatic heterocycles. The van der Waals surface area contributed by atoms with Gasteiger partial charge in [-0.15, -0.1) is 10.2 Å². The molecule has 3 aromatic heterocycles. The number of amides is 1. The van der Waals surface area contributed by atoms with Crippen LogP contribution in [0.5, 0.6) is 0 Å². The lowest BCUT2D eigenvalue weighted by Gasteiger charge is -2.26. The lowest BCUT2D eigenvalue weighted by atomic mass is 9.93. The number of nitrogens with zero attached hydrogens (tertiary/aromatic N) is 6. The van der Waals surface area contributed by atoms with Gasteiger partial charge in [-0.2, -0.15) is 5.10 Å². The highest BCUT2D eigenvalue weighted by atomic mass is 35.5. The molecule has 2 N–H and O–H groups in total. The summed E-state index contributed by atoms with van der Waals surface area (Å²) >= 11 is 6.62. The summed E-state index contributed by atoms with van der Waals surface area (Å²) in [5, 5.41) is 15.0. The van der Waals surface area contributed by atoms with Gasteiger partial charge in [-0.05, 0) is 75.8 Å². The van der Waals surface area contributed by atoms with Gasteiger partial charge in [0.05, 0.1) is 43.9 Å². The van der Waals surface area contributed by atoms with Crippen molar-refractivity contribution in [3.05, 3.63) is 88.7 Å². The number of aromatic nitrogens is 6. The molecule has 6 rings (SSSR count). The number of benzene rings is 2. The number of hydrogen-bond acceptors (Lipinski definition) is 9. The van der Waals surface area contributed by atoms with Crippen molar-refractivity contribution in [3.8, 4) is 11.1 Å². The van der Waals surface area contributed by atoms with Gasteiger partial charge in [0.25, 0.3) is 0 Å². The first-order valence-electron chi connectivity index (χ1n) is 16.4. The van der Waals surface area contributed by atoms with Crippen LogP contribution in [-0.2, 0) is 51.1 Å². The van der Waals surface area contributed by atoms with E-state index >= 15 is 0 Å². The molecule has 52 heavy (non-hydrogen) atoms. The molecule has 0 saturated heterocycles. The van der Waals surface area contributed by atoms with E-state index in [9.17, 15) is 30.4 Å². The van der Waals surface area contributed by atoms with Crippen LogP contribution in [0.15, 0.2) is 55.1 Å². The summed E-state index contributed by atoms with van der Waals surface area (Å²) in [6, 6.07) is 8.92. The summed E-state index contributed by atoms with van der Waals surface area (Å²) in [7, 11) is -5.51. The van der Waals surface area contributed by atoms with E-state index in [0.717, 1.165) is 12.3 Å². The Labute approximate surface area is 304 Å². The van der Waals surface area contributed by atoms with E-state index in [-0.39, 0.29) is 47.5 Å². The average Bonchev–Trinajstić information content (AvgIpc) is 3.71. The number of carbonyl (C=O) groups is 1. The zero-order valence-corrected chi connectivity index (χ0v) is 31.2. The number of anilines is 1. The molecule has 1 saturated carbocycles. The Kier molecular flexibility index (Phi) is 10.1. The van der Waals surface area contributed by atoms with E-state index in [2.05, 4.69) is 25.3 Å². The molecule has 0 spiro atoms. The highest BCUT2D eigenvalue weighted by molar-refractivity contribution is 7.93. The summed E-state index contributed by atoms with van der Waals surface area (Å²) in [5.41, 5.74) is 2.52. The third kappa shape index (κ3) is 8.10. The van der Waals surface area contributed by atoms with Crippen LogP contribution in [0.2, 0.25) is 5.02 Å². The average molecular weight is 775 g/mol. The molecule has 1 aliphatic rings. The molecule has 1 amide bonds. The third-order valence-electron chi connectivity index (χ3n) is 9.03. The zero-order chi connectivity index (χ0) is 37.6. The number of rotatable bonds is 14. The Balaban J connectivity index is 1.51. The van der Waals surface area contributed by atoms with E-state index in [0.29, 0.717) is 46.3 Å². The van der Waals surface area contributed by atoms with E-state index in [1.165, 1.54) is 34.0 Å². The number of hydrogen-bond donors (Lipinski definition) is 2. The van der Waals surface area contributed by atoms with Gasteiger partial charge in [0.1, 0.15) is 30.8 Å². The molecule has 18 heteroatoms. The van der Waals surface area contributed by atoms with Crippen LogP contribution in [-0.4, -0.2) is 68.5 Å². The number of halogens is 3. The van der Waals surface area contributed by atoms with E-state index in [1.54, 1.807) is 45.2 Å². The first-order valence-corrected chi connectivity index (χ1v) is 20.2. The summed E-state index contributed by atoms with van der Waals surface area (Å²) < 4.78 is 84.1. The third-order valence-corrected chi connectivity index (χ3v) is 13.0. The van der Waals surface area contributed by atoms with Crippen molar-refractivity contribution in [1.29, 1.82) is 0 Å². The highest BCUT2D eigenvalue weighted by Crippen LogP contribution is 2.41. The van der Waals surface area contributed by atoms with Gasteiger partial charge in [-0.25, -0.2) is 25.6 Å². The summed E-state index contributed by atoms with van der Waals surface area (Å²) in [6.07, 6.45) is 5.47. The highest BCUT2D eigenvalue weighted by Gasteiger charge is 2.45. The minimum Gasteiger partial charge on any atom is -0.346 e. The standard InChI is InChI=1S/C34H37ClF2N8O5S2/c1-34(2,52(49,50)24-6-7-24)12-11-23-5-8-25(26-9-10-27(35)30-32(26)44(3)42-33(30)43-51(4,47)48)31(40-23)28(15-20-13-21(36)16-22(37)14-20)41-29(46)17-45-18-38-39-19-45/h5,8-10,13-14,16,18-19,24,28H,6-7,11-12,15,17H2,1-4H3,(H,41,46)(H,42,43)/t28-/m0/s1. The molecule has 276 valence electrons. The zero-order valence-electron chi connectivity index (χ0n) is 28.8. The van der Waals surface area contributed by atoms with Crippen molar-refractivity contribution in [2.45, 2.75) is 68.5 Å². The molecule has 0 unspecified atom stereocenters. The first-order chi connectivity index (χ1) is 24.4. The summed E-state index contributed by atoms with van der Waals surface area (Å²) in [6.45, 7) is 3.24. The minimum atomic E-state index is -3.74. The first kappa shape index (κ1) is 37.3. The molecule has 3 heterocycles. The quantitative estimate of drug-likeness (QED) is 0.159. The topological polar surface area (TPSA) is 171 Å². The van der Waals surface area contributed by atoms with Crippen LogP contribution in [0.1, 0.15) is 56.1 Å². The molecule has 13 nitrogen and oxygen atoms in total. The number of sulfonamides is 1. The predicted octanol–water partition coefficient (Wildman–Crippen LogP) is 4.92. The SMILES string of the molecule is Cn1nc(NS(C)(=O)=O)c2c(Cl)ccc(-c3ccc(CCC(C)(C)S(=O)(=O)C4CC4)nc3[C@H](Cc3cc(F)cc(F)c3)NC(=O)Cn3cnnc3)c21. The number of sulfone groups is 1. The smallest absolute Gasteiger partial charge is 0.240 e. The van der Waals surface area contributed by atoms with Gasteiger partial charge >= 0.3 is 0 Å². The van der Waals surface area contributed by atoms with Crippen molar-refractivity contribution >= 4 is 54.1 Å². The lowest BCUT2D eigenvalue weighted by Crippen LogP contribution is -2.35. The second-order valence-corrected chi connectivity index (χ2v) is 18.7. The fourth-order valence-corrected chi connectivity index (χ4v) is 9.06. The van der Waals surface area contributed by atoms with Crippen LogP contribution < -0.4 is 10.0 Å². The van der Waals surface area contributed by atoms with Gasteiger partial charge in [0.2, 0.25) is 15.9 Å². The number of carbonyl (C=O) groups excluding carboxylic acids is 1. The van der Waals surface area contributed by atoms with Crippen LogP contribution in [0, 0.1) is 11.6 Å². The van der Waals surface area contributed by atoms with Crippen LogP contribution in [0.25, 0.3) is 22.0 Å². The minimum absolute atomic E-state index is 0.00566. The van der Waals surface area contributed by atoms with E-state index < -0.39 is 48.2 Å². The number of fused-ring (bicyclic) bond motifs is 1. The molecular formula is C34H37ClF2N8O5S2. The van der Waals surface area contributed by atoms with E-state index in [4.69, 9.17) is 16.6 Å². The fourth-order valence-electron chi connectivity index (χ4n) is 6.28. The van der Waals surface area contributed by atoms with Crippen LogP contribution in [0.3, 0.4) is 0 Å². The van der Waals surface area contributed by atoms with Gasteiger partial charge in [-0.3, -0.25) is 19.2 Å². The maximum absolute atomic E-state index is 14.5. The van der Waals surface area contributed by atoms with Crippen molar-refractivity contribution < 1.29 is 30.4 Å². The van der Waals surface area contributed by atoms with Crippen molar-refractivity contribution in [3.63, 3.8) is 0 Å². The monoisotopic (exact) mass is 774 g/mol. The van der Waals surface area contributed by atoms with Gasteiger partial charge in [0.15, 0.2) is 15.7 Å². The Morgan fingerprint density at radius 1 is 1.02 bits per heavy atom. The Bertz CT molecular complexity index is 2360. The number of nitrogens with one attached hydrogen (secondary N) is 2. The normalized spacial score (nSPS) is 14.4. The van der Waals surface area contributed by atoms with Crippen molar-refractivity contribution in [2.75, 3.05) is 11.0 Å². The molecule has 0 radical (unpaired) electrons. The summed E-state index contributed by atoms with van der Waals surface area (Å²) in [5.74, 6) is -2.07. The van der Waals surface area contributed by atoms with Crippen LogP contribution in [0.4, 0.5) is 14.6 Å². The lowest BCUT2D eigenvalue weighted by molar-refractivity contribution is -0.122. The van der Waals surface area contributed by atoms with Crippen LogP contribution >= 0.6 is 11.6 Å². The van der Waals surface area contributed by atoms with Gasteiger partial charge < -0.3 is 9.88 Å². The molecule has 1 aliphatic carbocycles. The van der Waals surface area contributed by atoms with Crippen molar-refractivity contribution in [1.82, 2.24) is 34.8 Å². The predicted molar refractivity (Wildman–Crippen MR) is 193 cm³/mol. The second-order valence-electron chi connectivity index (χ2n) is 13.6. The molecule has 0 bridgehead atoms. The van der Waals surface area contributed by atoms with Gasteiger partial charge in [0, 0.05) is 29.9 Å². The Hall–Kier alpha value is -4.48. The van der Waals surface area contributed by atoms with E-state index in [1.807, 2.05) is 0 Å². The van der Waals surface area contributed by atoms with Crippen molar-refractivity contribution in [2.24, 2.45) is 7.05 Å². The number of aryl methyl sites for hydroxylation is 2. The molecule has 5 aromatic rings. The number of pyridine rings is 1. The fraction of sp³-hybridized carbons (Fsp3) is 0.382. The summed E-state index contributed by atoms with van der Waals surface area (Å²) in [4.78, 5) is 18.5. The maximum atomic E-state index is 14.5. The molecule has 1 atom stereocenters. The Morgan fingerprint density at radius 2 is 1.67 bits per heavy atom. The second kappa shape index (κ2) is 14.2. The molecule has 2 aromatic carbocycles.